The van der Waals surface area contributed by atoms with E-state index < -0.39 is 0 Å². The Bertz CT molecular complexity index is 8.00. The van der Waals surface area contributed by atoms with Crippen LogP contribution in [0.15, 0.2) is 0 Å². The van der Waals surface area contributed by atoms with Crippen LogP contribution in [0.3, 0.4) is 0 Å². The van der Waals surface area contributed by atoms with E-state index in [1.807, 2.05) is 0 Å². The first kappa shape index (κ1) is 26.8. The van der Waals surface area contributed by atoms with Crippen molar-refractivity contribution in [3.63, 3.8) is 0 Å². The van der Waals surface area contributed by atoms with Gasteiger partial charge in [0.2, 0.25) is 0 Å². The summed E-state index contributed by atoms with van der Waals surface area (Å²) in [6.45, 7) is 0. The molecule has 0 aliphatic carbocycles. The van der Waals surface area contributed by atoms with Gasteiger partial charge in [-0.2, -0.15) is 0 Å². The first-order valence-electron chi connectivity index (χ1n) is 0. The summed E-state index contributed by atoms with van der Waals surface area (Å²) in [5.41, 5.74) is 0. The van der Waals surface area contributed by atoms with Crippen molar-refractivity contribution in [2.45, 2.75) is 0 Å². The molecule has 0 spiro atoms. The van der Waals surface area contributed by atoms with Gasteiger partial charge < -0.3 is 0 Å². The minimum Gasteiger partial charge on any atom is 0 e. The van der Waals surface area contributed by atoms with Gasteiger partial charge in [0, 0.05) is 35.6 Å². The van der Waals surface area contributed by atoms with Gasteiger partial charge in [0.1, 0.15) is 0 Å². The molecule has 0 bridgehead atoms. The molecule has 0 heterocycles. The molecule has 4 heteroatoms. The minimum atomic E-state index is 0. The smallest absolute Gasteiger partial charge is 0 e. The third-order valence-corrected chi connectivity index (χ3v) is 0. The Labute approximate surface area is 97.3 Å². The molecule has 0 nitrogen and oxygen atoms in total. The van der Waals surface area contributed by atoms with Gasteiger partial charge in [-0.3, -0.25) is 0 Å². The van der Waals surface area contributed by atoms with Crippen LogP contribution in [0.1, 0.15) is 0 Å². The molecule has 0 aliphatic rings. The van der Waals surface area contributed by atoms with E-state index in [4.69, 9.17) is 0 Å². The van der Waals surface area contributed by atoms with Gasteiger partial charge in [-0.1, -0.05) is 0 Å². The molecule has 0 amide bonds. The van der Waals surface area contributed by atoms with Gasteiger partial charge in [-0.15, -0.1) is 0 Å². The molecule has 0 rings (SSSR count). The topological polar surface area (TPSA) is 0 Å². The SMILES string of the molecule is [BiH3].[CaH2].[Fe].[V]. The van der Waals surface area contributed by atoms with E-state index in [2.05, 4.69) is 0 Å². The number of rotatable bonds is 0. The molecule has 0 N–H and O–H groups in total. The average Bonchev–Trinajstić information content (AvgIpc) is 0. The maximum atomic E-state index is 0. The summed E-state index contributed by atoms with van der Waals surface area (Å²) in [7, 11) is 0. The summed E-state index contributed by atoms with van der Waals surface area (Å²) < 4.78 is 0. The van der Waals surface area contributed by atoms with Crippen LogP contribution in [-0.4, -0.2) is 63.9 Å². The zero-order valence-electron chi connectivity index (χ0n) is 1.51. The molecule has 25 valence electrons. The number of hydrogen-bond donors (Lipinski definition) is 0. The zero-order chi connectivity index (χ0) is 0. The summed E-state index contributed by atoms with van der Waals surface area (Å²) in [4.78, 5) is 0. The molecule has 0 aromatic heterocycles. The normalized spacial score (nSPS) is 0. The molecule has 0 aromatic rings. The van der Waals surface area contributed by atoms with E-state index in [-0.39, 0.29) is 99.6 Å². The predicted molar refractivity (Wildman–Crippen MR) is 18.5 cm³/mol. The predicted octanol–water partition coefficient (Wildman–Crippen LogP) is -2.11. The van der Waals surface area contributed by atoms with Crippen molar-refractivity contribution >= 4 is 63.9 Å². The summed E-state index contributed by atoms with van der Waals surface area (Å²) in [5.74, 6) is 0. The van der Waals surface area contributed by atoms with Crippen molar-refractivity contribution in [1.29, 1.82) is 0 Å². The molecular weight excluding hydrogens is 356 g/mol. The van der Waals surface area contributed by atoms with Gasteiger partial charge in [0.05, 0.1) is 0 Å². The third-order valence-electron chi connectivity index (χ3n) is 0. The van der Waals surface area contributed by atoms with Crippen molar-refractivity contribution < 1.29 is 35.6 Å². The first-order chi connectivity index (χ1) is 0. The van der Waals surface area contributed by atoms with E-state index in [9.17, 15) is 0 Å². The van der Waals surface area contributed by atoms with Gasteiger partial charge in [-0.25, -0.2) is 0 Å². The van der Waals surface area contributed by atoms with Crippen molar-refractivity contribution in [2.24, 2.45) is 0 Å². The van der Waals surface area contributed by atoms with E-state index >= 15 is 0 Å². The van der Waals surface area contributed by atoms with Crippen LogP contribution < -0.4 is 0 Å². The molecule has 0 fully saturated rings. The molecule has 1 radical (unpaired) electrons. The summed E-state index contributed by atoms with van der Waals surface area (Å²) in [6.07, 6.45) is 0. The Morgan fingerprint density at radius 3 is 1.00 bits per heavy atom. The molecule has 4 heavy (non-hydrogen) atoms. The fraction of sp³-hybridized carbons (Fsp3) is 0. The maximum absolute atomic E-state index is 0. The fourth-order valence-corrected chi connectivity index (χ4v) is 0. The Morgan fingerprint density at radius 2 is 1.00 bits per heavy atom. The van der Waals surface area contributed by atoms with Crippen LogP contribution in [-0.2, 0) is 35.6 Å². The fourth-order valence-electron chi connectivity index (χ4n) is 0. The summed E-state index contributed by atoms with van der Waals surface area (Å²) >= 11 is 0. The molecule has 0 saturated heterocycles. The largest absolute Gasteiger partial charge is 0 e. The van der Waals surface area contributed by atoms with Crippen LogP contribution in [0, 0.1) is 0 Å². The summed E-state index contributed by atoms with van der Waals surface area (Å²) in [6, 6.07) is 0. The van der Waals surface area contributed by atoms with Crippen LogP contribution in [0.2, 0.25) is 0 Å². The van der Waals surface area contributed by atoms with Crippen molar-refractivity contribution in [1.82, 2.24) is 0 Å². The Balaban J connectivity index is 0. The monoisotopic (exact) mass is 361 g/mol. The Morgan fingerprint density at radius 1 is 1.00 bits per heavy atom. The second-order valence-corrected chi connectivity index (χ2v) is 0. The van der Waals surface area contributed by atoms with E-state index in [0.29, 0.717) is 0 Å². The first-order valence-corrected chi connectivity index (χ1v) is 0. The average molecular weight is 361 g/mol. The van der Waals surface area contributed by atoms with Gasteiger partial charge in [0.25, 0.3) is 0 Å². The van der Waals surface area contributed by atoms with Crippen molar-refractivity contribution in [3.8, 4) is 0 Å². The van der Waals surface area contributed by atoms with Gasteiger partial charge in [-0.05, 0) is 0 Å². The van der Waals surface area contributed by atoms with Crippen LogP contribution in [0.4, 0.5) is 0 Å². The van der Waals surface area contributed by atoms with E-state index in [1.165, 1.54) is 0 Å². The van der Waals surface area contributed by atoms with Crippen molar-refractivity contribution in [2.75, 3.05) is 0 Å². The molecule has 0 unspecified atom stereocenters. The van der Waals surface area contributed by atoms with Crippen LogP contribution >= 0.6 is 0 Å². The molecule has 0 atom stereocenters. The maximum Gasteiger partial charge on any atom is 0 e. The second-order valence-electron chi connectivity index (χ2n) is 0. The van der Waals surface area contributed by atoms with Crippen LogP contribution in [0.25, 0.3) is 0 Å². The van der Waals surface area contributed by atoms with E-state index in [1.54, 1.807) is 0 Å². The van der Waals surface area contributed by atoms with Crippen molar-refractivity contribution in [3.05, 3.63) is 0 Å². The zero-order valence-corrected chi connectivity index (χ0v) is 9.51. The second kappa shape index (κ2) is 16.3. The standard InChI is InChI=1S/Bi.Ca.Fe.V.5H. The minimum absolute atomic E-state index is 0. The molecule has 0 saturated carbocycles. The molecule has 0 aliphatic heterocycles. The molecule has 0 aromatic carbocycles. The van der Waals surface area contributed by atoms with Crippen LogP contribution in [0.5, 0.6) is 0 Å². The van der Waals surface area contributed by atoms with Gasteiger partial charge >= 0.3 is 63.9 Å². The van der Waals surface area contributed by atoms with E-state index in [0.717, 1.165) is 0 Å². The molecular formula is H5BiCaFeV. The number of hydrogen-bond acceptors (Lipinski definition) is 0. The summed E-state index contributed by atoms with van der Waals surface area (Å²) in [5, 5.41) is 0. The third kappa shape index (κ3) is 8.98. The Hall–Kier alpha value is 3.25. The quantitative estimate of drug-likeness (QED) is 0.434. The van der Waals surface area contributed by atoms with Gasteiger partial charge in [0.15, 0.2) is 0 Å². The Kier molecular flexibility index (Phi) is 109.